The predicted molar refractivity (Wildman–Crippen MR) is 83.8 cm³/mol. The number of rotatable bonds is 5. The van der Waals surface area contributed by atoms with Crippen LogP contribution in [0.25, 0.3) is 0 Å². The smallest absolute Gasteiger partial charge is 0.227 e. The van der Waals surface area contributed by atoms with Crippen molar-refractivity contribution in [2.24, 2.45) is 11.8 Å². The number of nitrogens with one attached hydrogen (secondary N) is 1. The number of hydrogen-bond donors (Lipinski definition) is 1. The fraction of sp³-hybridized carbons (Fsp3) is 0.529. The molecule has 4 nitrogen and oxygen atoms in total. The zero-order valence-corrected chi connectivity index (χ0v) is 12.8. The van der Waals surface area contributed by atoms with Crippen LogP contribution in [0.3, 0.4) is 0 Å². The summed E-state index contributed by atoms with van der Waals surface area (Å²) in [6, 6.07) is 10.3. The number of amides is 1. The van der Waals surface area contributed by atoms with Crippen LogP contribution in [-0.4, -0.2) is 30.4 Å². The molecule has 1 unspecified atom stereocenters. The van der Waals surface area contributed by atoms with Gasteiger partial charge in [0, 0.05) is 25.3 Å². The summed E-state index contributed by atoms with van der Waals surface area (Å²) >= 11 is 0. The topological polar surface area (TPSA) is 56.1 Å². The number of nitriles is 1. The first-order valence-corrected chi connectivity index (χ1v) is 7.59. The van der Waals surface area contributed by atoms with E-state index in [-0.39, 0.29) is 11.8 Å². The summed E-state index contributed by atoms with van der Waals surface area (Å²) in [5.74, 6) is 0.551. The van der Waals surface area contributed by atoms with Crippen molar-refractivity contribution in [1.82, 2.24) is 4.90 Å². The molecule has 112 valence electrons. The fourth-order valence-electron chi connectivity index (χ4n) is 2.79. The Morgan fingerprint density at radius 3 is 2.95 bits per heavy atom. The molecule has 1 amide bonds. The molecule has 0 aliphatic carbocycles. The molecule has 0 spiro atoms. The van der Waals surface area contributed by atoms with Crippen molar-refractivity contribution in [2.75, 3.05) is 25.0 Å². The Morgan fingerprint density at radius 1 is 1.48 bits per heavy atom. The van der Waals surface area contributed by atoms with Gasteiger partial charge < -0.3 is 10.2 Å². The molecule has 1 aliphatic heterocycles. The quantitative estimate of drug-likeness (QED) is 0.905. The molecule has 0 aromatic heterocycles. The molecule has 0 saturated heterocycles. The minimum Gasteiger partial charge on any atom is -0.384 e. The van der Waals surface area contributed by atoms with Crippen LogP contribution in [0, 0.1) is 23.2 Å². The summed E-state index contributed by atoms with van der Waals surface area (Å²) in [6.45, 7) is 6.13. The van der Waals surface area contributed by atoms with Gasteiger partial charge in [0.15, 0.2) is 0 Å². The van der Waals surface area contributed by atoms with Crippen molar-refractivity contribution in [2.45, 2.75) is 26.7 Å². The number of hydrogen-bond acceptors (Lipinski definition) is 3. The summed E-state index contributed by atoms with van der Waals surface area (Å²) in [5, 5.41) is 12.1. The molecule has 1 aromatic carbocycles. The van der Waals surface area contributed by atoms with Gasteiger partial charge in [-0.05, 0) is 24.0 Å². The highest BCUT2D eigenvalue weighted by Gasteiger charge is 2.28. The molecule has 4 heteroatoms. The lowest BCUT2D eigenvalue weighted by molar-refractivity contribution is -0.135. The number of benzene rings is 1. The molecule has 1 N–H and O–H groups in total. The van der Waals surface area contributed by atoms with E-state index in [1.807, 2.05) is 17.0 Å². The third kappa shape index (κ3) is 3.98. The van der Waals surface area contributed by atoms with Crippen LogP contribution in [0.4, 0.5) is 5.69 Å². The van der Waals surface area contributed by atoms with Crippen LogP contribution < -0.4 is 5.32 Å². The molecule has 1 aromatic rings. The van der Waals surface area contributed by atoms with Crippen LogP contribution in [0.1, 0.15) is 25.8 Å². The second-order valence-corrected chi connectivity index (χ2v) is 6.03. The van der Waals surface area contributed by atoms with Gasteiger partial charge in [0.05, 0.1) is 18.4 Å². The summed E-state index contributed by atoms with van der Waals surface area (Å²) in [6.07, 6.45) is 1.18. The Kier molecular flexibility index (Phi) is 5.21. The zero-order chi connectivity index (χ0) is 15.2. The van der Waals surface area contributed by atoms with Crippen LogP contribution in [0.5, 0.6) is 0 Å². The first-order valence-electron chi connectivity index (χ1n) is 7.59. The Morgan fingerprint density at radius 2 is 2.24 bits per heavy atom. The number of nitrogens with zero attached hydrogens (tertiary/aromatic N) is 2. The second kappa shape index (κ2) is 7.12. The maximum absolute atomic E-state index is 12.7. The summed E-state index contributed by atoms with van der Waals surface area (Å²) in [4.78, 5) is 14.6. The molecule has 0 fully saturated rings. The molecule has 0 radical (unpaired) electrons. The average Bonchev–Trinajstić information content (AvgIpc) is 2.50. The van der Waals surface area contributed by atoms with E-state index in [2.05, 4.69) is 37.4 Å². The van der Waals surface area contributed by atoms with Crippen molar-refractivity contribution in [3.05, 3.63) is 29.8 Å². The van der Waals surface area contributed by atoms with Crippen LogP contribution >= 0.6 is 0 Å². The second-order valence-electron chi connectivity index (χ2n) is 6.03. The predicted octanol–water partition coefficient (Wildman–Crippen LogP) is 2.67. The molecule has 21 heavy (non-hydrogen) atoms. The van der Waals surface area contributed by atoms with Crippen molar-refractivity contribution in [3.8, 4) is 6.07 Å². The maximum Gasteiger partial charge on any atom is 0.227 e. The van der Waals surface area contributed by atoms with Gasteiger partial charge in [0.2, 0.25) is 5.91 Å². The molecular formula is C17H23N3O. The van der Waals surface area contributed by atoms with Gasteiger partial charge in [-0.25, -0.2) is 0 Å². The average molecular weight is 285 g/mol. The lowest BCUT2D eigenvalue weighted by atomic mass is 9.92. The fourth-order valence-corrected chi connectivity index (χ4v) is 2.79. The normalized spacial score (nSPS) is 16.8. The van der Waals surface area contributed by atoms with E-state index < -0.39 is 0 Å². The number of carbonyl (C=O) groups excluding carboxylic acids is 1. The van der Waals surface area contributed by atoms with Gasteiger partial charge in [-0.2, -0.15) is 5.26 Å². The van der Waals surface area contributed by atoms with E-state index in [4.69, 9.17) is 5.26 Å². The third-order valence-electron chi connectivity index (χ3n) is 3.76. The molecule has 1 aliphatic rings. The molecule has 2 rings (SSSR count). The Hall–Kier alpha value is -2.02. The van der Waals surface area contributed by atoms with Gasteiger partial charge >= 0.3 is 0 Å². The number of fused-ring (bicyclic) bond motifs is 1. The van der Waals surface area contributed by atoms with E-state index in [1.54, 1.807) is 0 Å². The van der Waals surface area contributed by atoms with Crippen LogP contribution in [0.15, 0.2) is 24.3 Å². The Labute approximate surface area is 126 Å². The highest BCUT2D eigenvalue weighted by atomic mass is 16.2. The van der Waals surface area contributed by atoms with Gasteiger partial charge in [-0.15, -0.1) is 0 Å². The lowest BCUT2D eigenvalue weighted by Crippen LogP contribution is -2.43. The maximum atomic E-state index is 12.7. The van der Waals surface area contributed by atoms with Gasteiger partial charge in [0.1, 0.15) is 0 Å². The SMILES string of the molecule is CC(C)CN(CCC#N)C(=O)C1CNc2ccccc2C1. The van der Waals surface area contributed by atoms with Crippen LogP contribution in [-0.2, 0) is 11.2 Å². The summed E-state index contributed by atoms with van der Waals surface area (Å²) in [5.41, 5.74) is 2.33. The molecule has 0 bridgehead atoms. The number of carbonyl (C=O) groups is 1. The highest BCUT2D eigenvalue weighted by Crippen LogP contribution is 2.25. The van der Waals surface area contributed by atoms with Crippen molar-refractivity contribution in [3.63, 3.8) is 0 Å². The minimum absolute atomic E-state index is 0.0302. The van der Waals surface area contributed by atoms with Crippen LogP contribution in [0.2, 0.25) is 0 Å². The lowest BCUT2D eigenvalue weighted by Gasteiger charge is -2.31. The Balaban J connectivity index is 2.06. The largest absolute Gasteiger partial charge is 0.384 e. The first kappa shape index (κ1) is 15.4. The first-order chi connectivity index (χ1) is 10.1. The standard InChI is InChI=1S/C17H23N3O/c1-13(2)12-20(9-5-8-18)17(21)15-10-14-6-3-4-7-16(14)19-11-15/h3-4,6-7,13,15,19H,5,9-12H2,1-2H3. The highest BCUT2D eigenvalue weighted by molar-refractivity contribution is 5.81. The van der Waals surface area contributed by atoms with Crippen molar-refractivity contribution < 1.29 is 4.79 Å². The van der Waals surface area contributed by atoms with Gasteiger partial charge in [-0.3, -0.25) is 4.79 Å². The van der Waals surface area contributed by atoms with E-state index in [0.29, 0.717) is 25.4 Å². The van der Waals surface area contributed by atoms with Gasteiger partial charge in [0.25, 0.3) is 0 Å². The van der Waals surface area contributed by atoms with E-state index in [1.165, 1.54) is 5.56 Å². The minimum atomic E-state index is -0.0302. The van der Waals surface area contributed by atoms with E-state index >= 15 is 0 Å². The monoisotopic (exact) mass is 285 g/mol. The van der Waals surface area contributed by atoms with Crippen molar-refractivity contribution in [1.29, 1.82) is 5.26 Å². The molecule has 1 atom stereocenters. The number of anilines is 1. The Bertz CT molecular complexity index is 533. The van der Waals surface area contributed by atoms with E-state index in [0.717, 1.165) is 18.7 Å². The van der Waals surface area contributed by atoms with Gasteiger partial charge in [-0.1, -0.05) is 32.0 Å². The molecular weight excluding hydrogens is 262 g/mol. The molecule has 1 heterocycles. The van der Waals surface area contributed by atoms with Crippen molar-refractivity contribution >= 4 is 11.6 Å². The third-order valence-corrected chi connectivity index (χ3v) is 3.76. The summed E-state index contributed by atoms with van der Waals surface area (Å²) in [7, 11) is 0. The zero-order valence-electron chi connectivity index (χ0n) is 12.8. The molecule has 0 saturated carbocycles. The number of para-hydroxylation sites is 1. The van der Waals surface area contributed by atoms with E-state index in [9.17, 15) is 4.79 Å². The summed E-state index contributed by atoms with van der Waals surface area (Å²) < 4.78 is 0.